The van der Waals surface area contributed by atoms with Crippen LogP contribution in [0.4, 0.5) is 21.5 Å². The number of hydrogen-bond donors (Lipinski definition) is 0. The first-order valence-electron chi connectivity index (χ1n) is 34.7. The molecule has 0 heterocycles. The van der Waals surface area contributed by atoms with Crippen molar-refractivity contribution in [3.05, 3.63) is 233 Å². The largest absolute Gasteiger partial charge is 0.370 e. The van der Waals surface area contributed by atoms with Crippen LogP contribution in [0.1, 0.15) is 202 Å². The molecule has 9 heteroatoms. The van der Waals surface area contributed by atoms with Gasteiger partial charge in [0.15, 0.2) is 0 Å². The summed E-state index contributed by atoms with van der Waals surface area (Å²) in [4.78, 5) is 16.5. The Balaban J connectivity index is 0.000000555. The smallest absolute Gasteiger partial charge is 0.123 e. The number of rotatable bonds is 15. The van der Waals surface area contributed by atoms with Crippen LogP contribution in [0.2, 0.25) is 5.02 Å². The van der Waals surface area contributed by atoms with Crippen LogP contribution < -0.4 is 14.7 Å². The number of hydrogen-bond acceptors (Lipinski definition) is 7. The first-order chi connectivity index (χ1) is 43.8. The first-order valence-corrected chi connectivity index (χ1v) is 35.1. The Morgan fingerprint density at radius 3 is 0.958 bits per heavy atom. The van der Waals surface area contributed by atoms with Crippen LogP contribution in [-0.4, -0.2) is 106 Å². The highest BCUT2D eigenvalue weighted by atomic mass is 35.5. The maximum absolute atomic E-state index is 12.6. The van der Waals surface area contributed by atoms with E-state index < -0.39 is 0 Å². The van der Waals surface area contributed by atoms with E-state index >= 15 is 0 Å². The molecule has 0 bridgehead atoms. The minimum Gasteiger partial charge on any atom is -0.370 e. The van der Waals surface area contributed by atoms with Gasteiger partial charge in [0.1, 0.15) is 5.82 Å². The molecule has 0 amide bonds. The summed E-state index contributed by atoms with van der Waals surface area (Å²) in [6.07, 6.45) is 1.21. The quantitative estimate of drug-likeness (QED) is 0.101. The highest BCUT2D eigenvalue weighted by Gasteiger charge is 2.25. The summed E-state index contributed by atoms with van der Waals surface area (Å²) in [5.41, 5.74) is 10.4. The Morgan fingerprint density at radius 2 is 0.653 bits per heavy atom. The van der Waals surface area contributed by atoms with E-state index in [9.17, 15) is 4.39 Å². The normalized spacial score (nSPS) is 11.9. The van der Waals surface area contributed by atoms with Crippen molar-refractivity contribution >= 4 is 28.7 Å². The molecule has 0 aromatic heterocycles. The molecule has 0 fully saturated rings. The second kappa shape index (κ2) is 41.3. The fourth-order valence-electron chi connectivity index (χ4n) is 9.71. The van der Waals surface area contributed by atoms with E-state index in [0.717, 1.165) is 49.0 Å². The Kier molecular flexibility index (Phi) is 37.8. The summed E-state index contributed by atoms with van der Waals surface area (Å²) in [6.45, 7) is 61.9. The van der Waals surface area contributed by atoms with E-state index in [2.05, 4.69) is 387 Å². The van der Waals surface area contributed by atoms with Crippen LogP contribution in [0.15, 0.2) is 200 Å². The van der Waals surface area contributed by atoms with E-state index in [0.29, 0.717) is 6.04 Å². The number of para-hydroxylation sites is 2. The average molecular weight is 1320 g/mol. The highest BCUT2D eigenvalue weighted by molar-refractivity contribution is 6.30. The van der Waals surface area contributed by atoms with Crippen LogP contribution in [-0.2, 0) is 26.2 Å². The molecular formula is C86H135ClFN7. The van der Waals surface area contributed by atoms with Gasteiger partial charge in [-0.15, -0.1) is 0 Å². The molecule has 7 nitrogen and oxygen atoms in total. The van der Waals surface area contributed by atoms with E-state index in [1.165, 1.54) is 53.2 Å². The molecule has 528 valence electrons. The minimum atomic E-state index is -0.174. The van der Waals surface area contributed by atoms with E-state index in [4.69, 9.17) is 11.6 Å². The summed E-state index contributed by atoms with van der Waals surface area (Å²) in [5.74, 6) is -0.174. The van der Waals surface area contributed by atoms with Crippen LogP contribution in [0.5, 0.6) is 0 Å². The predicted octanol–water partition coefficient (Wildman–Crippen LogP) is 23.2. The van der Waals surface area contributed by atoms with Gasteiger partial charge < -0.3 is 14.7 Å². The molecule has 0 atom stereocenters. The van der Waals surface area contributed by atoms with Crippen molar-refractivity contribution < 1.29 is 4.39 Å². The third-order valence-corrected chi connectivity index (χ3v) is 17.0. The predicted molar refractivity (Wildman–Crippen MR) is 422 cm³/mol. The Hall–Kier alpha value is -6.00. The zero-order valence-corrected chi connectivity index (χ0v) is 66.2. The van der Waals surface area contributed by atoms with Crippen LogP contribution >= 0.6 is 11.6 Å². The number of nitrogens with zero attached hydrogens (tertiary/aromatic N) is 7. The number of anilines is 3. The summed E-state index contributed by atoms with van der Waals surface area (Å²) in [7, 11) is 8.43. The molecule has 0 aliphatic rings. The van der Waals surface area contributed by atoms with E-state index in [1.807, 2.05) is 36.4 Å². The fraction of sp³-hybridized carbons (Fsp3) is 0.512. The van der Waals surface area contributed by atoms with Gasteiger partial charge in [-0.2, -0.15) is 0 Å². The molecule has 0 saturated heterocycles. The molecule has 0 N–H and O–H groups in total. The van der Waals surface area contributed by atoms with Crippen molar-refractivity contribution in [2.75, 3.05) is 56.0 Å². The number of benzene rings is 7. The zero-order chi connectivity index (χ0) is 72.6. The summed E-state index contributed by atoms with van der Waals surface area (Å²) >= 11 is 5.91. The van der Waals surface area contributed by atoms with Crippen molar-refractivity contribution in [1.82, 2.24) is 19.6 Å². The van der Waals surface area contributed by atoms with Gasteiger partial charge in [0.05, 0.1) is 0 Å². The van der Waals surface area contributed by atoms with Gasteiger partial charge in [-0.05, 0) is 270 Å². The van der Waals surface area contributed by atoms with Crippen LogP contribution in [0.25, 0.3) is 0 Å². The fourth-order valence-corrected chi connectivity index (χ4v) is 9.89. The van der Waals surface area contributed by atoms with Crippen molar-refractivity contribution in [2.24, 2.45) is 0 Å². The summed E-state index contributed by atoms with van der Waals surface area (Å²) in [6, 6.07) is 68.1. The Bertz CT molecular complexity index is 3040. The lowest BCUT2D eigenvalue weighted by Gasteiger charge is -2.41. The third-order valence-electron chi connectivity index (χ3n) is 16.7. The molecule has 0 unspecified atom stereocenters. The molecule has 7 aromatic carbocycles. The average Bonchev–Trinajstić information content (AvgIpc) is 0.872. The standard InChI is InChI=1S/C14H23N.2C13H21N.C12H18FN.C12H19N.C11H16ClN.C11H17N/c1-5-11-15(14(2,3)4)12-13-9-7-6-8-10-13;1-11(2)14(13(3,4)5)12-9-7-6-8-10-12;1-5-14(13(2,3)4)11-12-9-7-6-8-10-12;1-12(2,3)14(4)9-10-5-7-11(13)8-6-10;1-12(2,3)13(4)10-11-8-6-5-7-9-11;1-11(2,3)13(4)10-7-5-6-9(12)8-10;1-11(2,3)12(4)10-8-6-5-7-9-10/h6-10H,5,11-12H2,1-4H3;6-11H,1-5H3;6-10H,5,11H2,1-4H3;5-8H,9H2,1-4H3;5-9H,10H2,1-4H3;5-8H,1-4H3;5-9H,1-4H3. The van der Waals surface area contributed by atoms with Gasteiger partial charge in [0, 0.05) is 107 Å². The molecule has 7 rings (SSSR count). The maximum atomic E-state index is 12.6. The molecular weight excluding hydrogens is 1190 g/mol. The molecule has 0 aliphatic heterocycles. The van der Waals surface area contributed by atoms with E-state index in [-0.39, 0.29) is 44.6 Å². The summed E-state index contributed by atoms with van der Waals surface area (Å²) in [5, 5.41) is 0.786. The van der Waals surface area contributed by atoms with E-state index in [1.54, 1.807) is 0 Å². The molecule has 0 aliphatic carbocycles. The van der Waals surface area contributed by atoms with Crippen molar-refractivity contribution in [3.8, 4) is 0 Å². The van der Waals surface area contributed by atoms with Gasteiger partial charge in [-0.1, -0.05) is 171 Å². The third kappa shape index (κ3) is 36.8. The molecule has 7 aromatic rings. The van der Waals surface area contributed by atoms with Crippen molar-refractivity contribution in [3.63, 3.8) is 0 Å². The second-order valence-corrected chi connectivity index (χ2v) is 32.6. The monoisotopic (exact) mass is 1320 g/mol. The van der Waals surface area contributed by atoms with Gasteiger partial charge in [-0.25, -0.2) is 4.39 Å². The molecule has 0 radical (unpaired) electrons. The maximum Gasteiger partial charge on any atom is 0.123 e. The van der Waals surface area contributed by atoms with Crippen LogP contribution in [0, 0.1) is 5.82 Å². The lowest BCUT2D eigenvalue weighted by molar-refractivity contribution is 0.128. The minimum absolute atomic E-state index is 0.130. The Labute approximate surface area is 589 Å². The van der Waals surface area contributed by atoms with Gasteiger partial charge in [0.2, 0.25) is 0 Å². The molecule has 95 heavy (non-hydrogen) atoms. The summed E-state index contributed by atoms with van der Waals surface area (Å²) < 4.78 is 12.6. The lowest BCUT2D eigenvalue weighted by Crippen LogP contribution is -2.46. The molecule has 0 spiro atoms. The van der Waals surface area contributed by atoms with Crippen molar-refractivity contribution in [1.29, 1.82) is 0 Å². The first kappa shape index (κ1) is 87.0. The Morgan fingerprint density at radius 1 is 0.337 bits per heavy atom. The SMILES string of the molecule is CC(C)N(c1ccccc1)C(C)(C)C.CCCN(Cc1ccccc1)C(C)(C)C.CCN(Cc1ccccc1)C(C)(C)C.CN(Cc1ccc(F)cc1)C(C)(C)C.CN(Cc1ccccc1)C(C)(C)C.CN(c1cccc(Cl)c1)C(C)(C)C.CN(c1ccccc1)C(C)(C)C. The number of halogens is 2. The zero-order valence-electron chi connectivity index (χ0n) is 65.5. The lowest BCUT2D eigenvalue weighted by atomic mass is 10.0. The molecule has 0 saturated carbocycles. The highest BCUT2D eigenvalue weighted by Crippen LogP contribution is 2.28. The van der Waals surface area contributed by atoms with Gasteiger partial charge >= 0.3 is 0 Å². The second-order valence-electron chi connectivity index (χ2n) is 32.2. The van der Waals surface area contributed by atoms with Crippen LogP contribution in [0.3, 0.4) is 0 Å². The van der Waals surface area contributed by atoms with Gasteiger partial charge in [-0.3, -0.25) is 19.6 Å². The topological polar surface area (TPSA) is 22.7 Å². The van der Waals surface area contributed by atoms with Gasteiger partial charge in [0.25, 0.3) is 0 Å². The van der Waals surface area contributed by atoms with Crippen molar-refractivity contribution in [2.45, 2.75) is 251 Å².